The molecule has 0 aliphatic carbocycles. The second kappa shape index (κ2) is 5.09. The largest absolute Gasteiger partial charge is 0.870 e. The summed E-state index contributed by atoms with van der Waals surface area (Å²) in [4.78, 5) is 0. The molecule has 0 spiro atoms. The normalized spacial score (nSPS) is 11.4. The van der Waals surface area contributed by atoms with Gasteiger partial charge in [0, 0.05) is 13.9 Å². The Hall–Kier alpha value is 0.390. The first kappa shape index (κ1) is 13.0. The van der Waals surface area contributed by atoms with Crippen molar-refractivity contribution in [2.24, 2.45) is 0 Å². The summed E-state index contributed by atoms with van der Waals surface area (Å²) >= 11 is 0. The van der Waals surface area contributed by atoms with Crippen molar-refractivity contribution in [3.63, 3.8) is 0 Å². The lowest BCUT2D eigenvalue weighted by molar-refractivity contribution is 0.824. The molecule has 0 aliphatic rings. The molecule has 0 heterocycles. The lowest BCUT2D eigenvalue weighted by atomic mass is 10.6. The molecule has 0 aromatic carbocycles. The standard InChI is InChI=1S/C8H20P.H2O/c1-6-9(5,7-2)8(3)4;/h8H,6-7H2,1-5H3;1H2/q+1;/p-1. The van der Waals surface area contributed by atoms with E-state index in [9.17, 15) is 0 Å². The van der Waals surface area contributed by atoms with Gasteiger partial charge in [-0.1, -0.05) is 0 Å². The molecular formula is C8H21OP. The Bertz CT molecular complexity index is 77.3. The summed E-state index contributed by atoms with van der Waals surface area (Å²) in [6.45, 7) is 11.9. The van der Waals surface area contributed by atoms with E-state index < -0.39 is 7.26 Å². The SMILES string of the molecule is CC[P+](C)(CC)C(C)C.[OH-]. The van der Waals surface area contributed by atoms with Gasteiger partial charge in [-0.25, -0.2) is 0 Å². The second-order valence-electron chi connectivity index (χ2n) is 3.21. The van der Waals surface area contributed by atoms with Crippen LogP contribution in [-0.2, 0) is 0 Å². The highest BCUT2D eigenvalue weighted by molar-refractivity contribution is 7.75. The van der Waals surface area contributed by atoms with E-state index in [1.54, 1.807) is 0 Å². The maximum Gasteiger partial charge on any atom is 0.0638 e. The van der Waals surface area contributed by atoms with E-state index in [4.69, 9.17) is 0 Å². The van der Waals surface area contributed by atoms with Crippen molar-refractivity contribution in [1.29, 1.82) is 0 Å². The Morgan fingerprint density at radius 3 is 1.40 bits per heavy atom. The molecule has 0 aromatic rings. The van der Waals surface area contributed by atoms with E-state index in [0.717, 1.165) is 5.66 Å². The molecule has 0 atom stereocenters. The van der Waals surface area contributed by atoms with Gasteiger partial charge in [0.25, 0.3) is 0 Å². The Kier molecular flexibility index (Phi) is 6.63. The average molecular weight is 164 g/mol. The van der Waals surface area contributed by atoms with E-state index >= 15 is 0 Å². The van der Waals surface area contributed by atoms with Gasteiger partial charge in [0.2, 0.25) is 0 Å². The number of hydrogen-bond donors (Lipinski definition) is 0. The van der Waals surface area contributed by atoms with Gasteiger partial charge in [-0.05, 0) is 27.7 Å². The minimum atomic E-state index is -0.503. The van der Waals surface area contributed by atoms with Crippen LogP contribution in [-0.4, -0.2) is 30.1 Å². The molecule has 2 heteroatoms. The molecule has 0 saturated carbocycles. The summed E-state index contributed by atoms with van der Waals surface area (Å²) in [6.07, 6.45) is 2.84. The molecule has 1 N–H and O–H groups in total. The topological polar surface area (TPSA) is 30.0 Å². The minimum Gasteiger partial charge on any atom is -0.870 e. The summed E-state index contributed by atoms with van der Waals surface area (Å²) in [6, 6.07) is 0. The Balaban J connectivity index is 0. The highest BCUT2D eigenvalue weighted by Crippen LogP contribution is 2.58. The third-order valence-corrected chi connectivity index (χ3v) is 8.07. The smallest absolute Gasteiger partial charge is 0.0638 e. The van der Waals surface area contributed by atoms with Crippen LogP contribution in [0.5, 0.6) is 0 Å². The average Bonchev–Trinajstić information content (AvgIpc) is 1.86. The van der Waals surface area contributed by atoms with Gasteiger partial charge in [0.05, 0.1) is 18.0 Å². The molecule has 0 radical (unpaired) electrons. The summed E-state index contributed by atoms with van der Waals surface area (Å²) in [5.41, 5.74) is 0.937. The molecule has 64 valence electrons. The lowest BCUT2D eigenvalue weighted by Crippen LogP contribution is -2.08. The first-order chi connectivity index (χ1) is 4.06. The summed E-state index contributed by atoms with van der Waals surface area (Å²) < 4.78 is 0. The quantitative estimate of drug-likeness (QED) is 0.590. The molecule has 0 saturated heterocycles. The van der Waals surface area contributed by atoms with Crippen molar-refractivity contribution >= 4 is 7.26 Å². The maximum absolute atomic E-state index is 2.48. The number of rotatable bonds is 3. The van der Waals surface area contributed by atoms with Crippen LogP contribution in [0.15, 0.2) is 0 Å². The fourth-order valence-electron chi connectivity index (χ4n) is 0.954. The predicted octanol–water partition coefficient (Wildman–Crippen LogP) is 2.91. The van der Waals surface area contributed by atoms with Crippen molar-refractivity contribution in [1.82, 2.24) is 0 Å². The molecule has 10 heavy (non-hydrogen) atoms. The summed E-state index contributed by atoms with van der Waals surface area (Å²) in [5, 5.41) is 0. The van der Waals surface area contributed by atoms with E-state index in [0.29, 0.717) is 0 Å². The first-order valence-electron chi connectivity index (χ1n) is 3.91. The molecular weight excluding hydrogens is 143 g/mol. The highest BCUT2D eigenvalue weighted by atomic mass is 31.2. The van der Waals surface area contributed by atoms with Crippen LogP contribution in [0.25, 0.3) is 0 Å². The van der Waals surface area contributed by atoms with Crippen LogP contribution in [0.3, 0.4) is 0 Å². The van der Waals surface area contributed by atoms with Crippen LogP contribution in [0.1, 0.15) is 27.7 Å². The fourth-order valence-corrected chi connectivity index (χ4v) is 2.86. The minimum absolute atomic E-state index is 0. The molecule has 0 aliphatic heterocycles. The van der Waals surface area contributed by atoms with Gasteiger partial charge in [-0.15, -0.1) is 0 Å². The fraction of sp³-hybridized carbons (Fsp3) is 1.00. The molecule has 0 rings (SSSR count). The van der Waals surface area contributed by atoms with E-state index in [2.05, 4.69) is 34.4 Å². The molecule has 0 bridgehead atoms. The third-order valence-electron chi connectivity index (χ3n) is 2.69. The van der Waals surface area contributed by atoms with Crippen LogP contribution in [0.2, 0.25) is 0 Å². The van der Waals surface area contributed by atoms with Crippen LogP contribution >= 0.6 is 7.26 Å². The van der Waals surface area contributed by atoms with Gasteiger partial charge >= 0.3 is 0 Å². The van der Waals surface area contributed by atoms with Crippen molar-refractivity contribution in [3.05, 3.63) is 0 Å². The van der Waals surface area contributed by atoms with E-state index in [1.807, 2.05) is 0 Å². The molecule has 1 nitrogen and oxygen atoms in total. The van der Waals surface area contributed by atoms with Gasteiger partial charge in [-0.2, -0.15) is 0 Å². The zero-order valence-electron chi connectivity index (χ0n) is 7.89. The molecule has 0 unspecified atom stereocenters. The predicted molar refractivity (Wildman–Crippen MR) is 51.0 cm³/mol. The van der Waals surface area contributed by atoms with Gasteiger partial charge < -0.3 is 5.48 Å². The van der Waals surface area contributed by atoms with Crippen LogP contribution in [0.4, 0.5) is 0 Å². The monoisotopic (exact) mass is 164 g/mol. The van der Waals surface area contributed by atoms with Crippen LogP contribution < -0.4 is 0 Å². The lowest BCUT2D eigenvalue weighted by Gasteiger charge is -2.23. The summed E-state index contributed by atoms with van der Waals surface area (Å²) in [5.74, 6) is 0. The maximum atomic E-state index is 2.48. The van der Waals surface area contributed by atoms with Gasteiger partial charge in [0.15, 0.2) is 0 Å². The highest BCUT2D eigenvalue weighted by Gasteiger charge is 2.30. The van der Waals surface area contributed by atoms with Crippen molar-refractivity contribution in [2.45, 2.75) is 33.4 Å². The molecule has 0 aromatic heterocycles. The second-order valence-corrected chi connectivity index (χ2v) is 8.46. The van der Waals surface area contributed by atoms with Crippen molar-refractivity contribution in [2.75, 3.05) is 19.0 Å². The Labute approximate surface area is 65.9 Å². The number of hydrogen-bond acceptors (Lipinski definition) is 1. The zero-order valence-corrected chi connectivity index (χ0v) is 8.78. The molecule has 0 amide bonds. The third kappa shape index (κ3) is 2.98. The van der Waals surface area contributed by atoms with Gasteiger partial charge in [-0.3, -0.25) is 0 Å². The zero-order chi connectivity index (χ0) is 7.49. The van der Waals surface area contributed by atoms with Crippen molar-refractivity contribution in [3.8, 4) is 0 Å². The Morgan fingerprint density at radius 2 is 1.40 bits per heavy atom. The van der Waals surface area contributed by atoms with Gasteiger partial charge in [0.1, 0.15) is 0 Å². The van der Waals surface area contributed by atoms with E-state index in [-0.39, 0.29) is 5.48 Å². The summed E-state index contributed by atoms with van der Waals surface area (Å²) in [7, 11) is -0.503. The first-order valence-corrected chi connectivity index (χ1v) is 6.58. The Morgan fingerprint density at radius 1 is 1.10 bits per heavy atom. The molecule has 0 fully saturated rings. The van der Waals surface area contributed by atoms with Crippen molar-refractivity contribution < 1.29 is 5.48 Å². The van der Waals surface area contributed by atoms with Crippen LogP contribution in [0, 0.1) is 0 Å². The van der Waals surface area contributed by atoms with E-state index in [1.165, 1.54) is 12.3 Å².